The second-order valence-electron chi connectivity index (χ2n) is 5.58. The van der Waals surface area contributed by atoms with Gasteiger partial charge in [-0.3, -0.25) is 9.59 Å². The van der Waals surface area contributed by atoms with Crippen LogP contribution in [-0.2, 0) is 9.53 Å². The van der Waals surface area contributed by atoms with Gasteiger partial charge in [0.1, 0.15) is 0 Å². The molecule has 0 bridgehead atoms. The Morgan fingerprint density at radius 2 is 1.64 bits per heavy atom. The highest BCUT2D eigenvalue weighted by Crippen LogP contribution is 2.18. The first-order chi connectivity index (χ1) is 11.9. The molecule has 0 unspecified atom stereocenters. The van der Waals surface area contributed by atoms with E-state index in [9.17, 15) is 14.4 Å². The second kappa shape index (κ2) is 8.10. The van der Waals surface area contributed by atoms with E-state index in [1.165, 1.54) is 32.2 Å². The lowest BCUT2D eigenvalue weighted by molar-refractivity contribution is -0.114. The number of hydrogen-bond donors (Lipinski definition) is 2. The second-order valence-corrected chi connectivity index (χ2v) is 5.58. The van der Waals surface area contributed by atoms with Crippen LogP contribution in [0, 0.1) is 0 Å². The highest BCUT2D eigenvalue weighted by atomic mass is 16.5. The van der Waals surface area contributed by atoms with Gasteiger partial charge in [0, 0.05) is 18.2 Å². The van der Waals surface area contributed by atoms with Gasteiger partial charge >= 0.3 is 5.97 Å². The highest BCUT2D eigenvalue weighted by Gasteiger charge is 2.16. The third-order valence-electron chi connectivity index (χ3n) is 3.58. The summed E-state index contributed by atoms with van der Waals surface area (Å²) in [4.78, 5) is 35.6. The molecule has 0 aromatic heterocycles. The molecule has 0 aliphatic rings. The van der Waals surface area contributed by atoms with Gasteiger partial charge in [-0.1, -0.05) is 30.3 Å². The molecule has 0 aliphatic carbocycles. The van der Waals surface area contributed by atoms with Crippen molar-refractivity contribution in [3.8, 4) is 0 Å². The molecule has 0 aliphatic heterocycles. The van der Waals surface area contributed by atoms with Gasteiger partial charge in [0.2, 0.25) is 5.91 Å². The molecule has 0 spiro atoms. The minimum Gasteiger partial charge on any atom is -0.465 e. The smallest absolute Gasteiger partial charge is 0.337 e. The number of hydrogen-bond acceptors (Lipinski definition) is 4. The van der Waals surface area contributed by atoms with Crippen molar-refractivity contribution in [2.45, 2.75) is 19.9 Å². The van der Waals surface area contributed by atoms with E-state index in [1.807, 2.05) is 37.3 Å². The Morgan fingerprint density at radius 1 is 1.00 bits per heavy atom. The summed E-state index contributed by atoms with van der Waals surface area (Å²) in [5.74, 6) is -1.24. The van der Waals surface area contributed by atoms with Crippen LogP contribution in [0.15, 0.2) is 48.5 Å². The van der Waals surface area contributed by atoms with E-state index in [-0.39, 0.29) is 29.0 Å². The van der Waals surface area contributed by atoms with E-state index < -0.39 is 5.97 Å². The van der Waals surface area contributed by atoms with Crippen molar-refractivity contribution in [3.05, 3.63) is 65.2 Å². The molecule has 2 amide bonds. The van der Waals surface area contributed by atoms with E-state index >= 15 is 0 Å². The quantitative estimate of drug-likeness (QED) is 0.820. The van der Waals surface area contributed by atoms with Crippen molar-refractivity contribution in [1.82, 2.24) is 5.32 Å². The molecule has 2 N–H and O–H groups in total. The monoisotopic (exact) mass is 340 g/mol. The summed E-state index contributed by atoms with van der Waals surface area (Å²) in [5, 5.41) is 5.45. The number of ether oxygens (including phenoxy) is 1. The van der Waals surface area contributed by atoms with Crippen LogP contribution >= 0.6 is 0 Å². The van der Waals surface area contributed by atoms with Gasteiger partial charge in [0.05, 0.1) is 18.7 Å². The van der Waals surface area contributed by atoms with Crippen LogP contribution in [0.4, 0.5) is 5.69 Å². The lowest BCUT2D eigenvalue weighted by Crippen LogP contribution is -2.27. The molecule has 25 heavy (non-hydrogen) atoms. The maximum atomic E-state index is 12.6. The number of amides is 2. The lowest BCUT2D eigenvalue weighted by atomic mass is 10.1. The van der Waals surface area contributed by atoms with Crippen molar-refractivity contribution in [2.75, 3.05) is 12.4 Å². The van der Waals surface area contributed by atoms with Gasteiger partial charge in [-0.15, -0.1) is 0 Å². The van der Waals surface area contributed by atoms with E-state index in [2.05, 4.69) is 10.6 Å². The minimum atomic E-state index is -0.586. The predicted molar refractivity (Wildman–Crippen MR) is 94.4 cm³/mol. The first-order valence-corrected chi connectivity index (χ1v) is 7.77. The molecular weight excluding hydrogens is 320 g/mol. The SMILES string of the molecule is COC(=O)c1cc(NC(C)=O)cc(C(=O)N[C@H](C)c2ccccc2)c1. The van der Waals surface area contributed by atoms with Crippen molar-refractivity contribution in [1.29, 1.82) is 0 Å². The standard InChI is InChI=1S/C19H20N2O4/c1-12(14-7-5-4-6-8-14)20-18(23)15-9-16(19(24)25-3)11-17(10-15)21-13(2)22/h4-12H,1-3H3,(H,20,23)(H,21,22)/t12-/m1/s1. The van der Waals surface area contributed by atoms with Gasteiger partial charge in [-0.25, -0.2) is 4.79 Å². The van der Waals surface area contributed by atoms with Gasteiger partial charge in [-0.2, -0.15) is 0 Å². The van der Waals surface area contributed by atoms with Crippen molar-refractivity contribution in [3.63, 3.8) is 0 Å². The van der Waals surface area contributed by atoms with Crippen LogP contribution < -0.4 is 10.6 Å². The zero-order chi connectivity index (χ0) is 18.4. The molecule has 1 atom stereocenters. The van der Waals surface area contributed by atoms with E-state index in [0.717, 1.165) is 5.56 Å². The van der Waals surface area contributed by atoms with Crippen LogP contribution in [0.1, 0.15) is 46.2 Å². The van der Waals surface area contributed by atoms with Crippen LogP contribution in [-0.4, -0.2) is 24.9 Å². The van der Waals surface area contributed by atoms with Crippen LogP contribution in [0.3, 0.4) is 0 Å². The van der Waals surface area contributed by atoms with Gasteiger partial charge in [0.25, 0.3) is 5.91 Å². The molecule has 0 heterocycles. The number of esters is 1. The molecule has 2 aromatic carbocycles. The molecule has 130 valence electrons. The van der Waals surface area contributed by atoms with Gasteiger partial charge < -0.3 is 15.4 Å². The Labute approximate surface area is 146 Å². The number of benzene rings is 2. The Balaban J connectivity index is 2.28. The third-order valence-corrected chi connectivity index (χ3v) is 3.58. The molecule has 0 radical (unpaired) electrons. The molecule has 0 saturated heterocycles. The zero-order valence-corrected chi connectivity index (χ0v) is 14.3. The van der Waals surface area contributed by atoms with Crippen LogP contribution in [0.5, 0.6) is 0 Å². The number of nitrogens with one attached hydrogen (secondary N) is 2. The van der Waals surface area contributed by atoms with Crippen LogP contribution in [0.25, 0.3) is 0 Å². The van der Waals surface area contributed by atoms with E-state index in [4.69, 9.17) is 4.74 Å². The average Bonchev–Trinajstić information content (AvgIpc) is 2.60. The summed E-state index contributed by atoms with van der Waals surface area (Å²) < 4.78 is 4.70. The predicted octanol–water partition coefficient (Wildman–Crippen LogP) is 2.92. The zero-order valence-electron chi connectivity index (χ0n) is 14.3. The molecule has 0 saturated carbocycles. The topological polar surface area (TPSA) is 84.5 Å². The summed E-state index contributed by atoms with van der Waals surface area (Å²) in [5.41, 5.74) is 1.76. The molecule has 6 nitrogen and oxygen atoms in total. The maximum absolute atomic E-state index is 12.6. The minimum absolute atomic E-state index is 0.186. The number of methoxy groups -OCH3 is 1. The maximum Gasteiger partial charge on any atom is 0.337 e. The fraction of sp³-hybridized carbons (Fsp3) is 0.211. The first kappa shape index (κ1) is 18.2. The first-order valence-electron chi connectivity index (χ1n) is 7.77. The van der Waals surface area contributed by atoms with Crippen molar-refractivity contribution < 1.29 is 19.1 Å². The largest absolute Gasteiger partial charge is 0.465 e. The van der Waals surface area contributed by atoms with Crippen molar-refractivity contribution >= 4 is 23.5 Å². The third kappa shape index (κ3) is 4.91. The highest BCUT2D eigenvalue weighted by molar-refractivity contribution is 6.01. The summed E-state index contributed by atoms with van der Waals surface area (Å²) in [7, 11) is 1.25. The molecule has 2 rings (SSSR count). The normalized spacial score (nSPS) is 11.3. The summed E-state index contributed by atoms with van der Waals surface area (Å²) in [6.45, 7) is 3.22. The summed E-state index contributed by atoms with van der Waals surface area (Å²) in [6.07, 6.45) is 0. The van der Waals surface area contributed by atoms with Crippen molar-refractivity contribution in [2.24, 2.45) is 0 Å². The van der Waals surface area contributed by atoms with Gasteiger partial charge in [-0.05, 0) is 30.7 Å². The number of rotatable bonds is 5. The Morgan fingerprint density at radius 3 is 2.24 bits per heavy atom. The van der Waals surface area contributed by atoms with E-state index in [0.29, 0.717) is 5.69 Å². The Kier molecular flexibility index (Phi) is 5.89. The van der Waals surface area contributed by atoms with E-state index in [1.54, 1.807) is 0 Å². The Hall–Kier alpha value is -3.15. The molecule has 0 fully saturated rings. The lowest BCUT2D eigenvalue weighted by Gasteiger charge is -2.15. The van der Waals surface area contributed by atoms with Crippen LogP contribution in [0.2, 0.25) is 0 Å². The molecule has 6 heteroatoms. The molecule has 2 aromatic rings. The summed E-state index contributed by atoms with van der Waals surface area (Å²) >= 11 is 0. The van der Waals surface area contributed by atoms with Gasteiger partial charge in [0.15, 0.2) is 0 Å². The number of anilines is 1. The number of carbonyl (C=O) groups is 3. The fourth-order valence-electron chi connectivity index (χ4n) is 2.37. The summed E-state index contributed by atoms with van der Waals surface area (Å²) in [6, 6.07) is 13.7. The fourth-order valence-corrected chi connectivity index (χ4v) is 2.37. The molecular formula is C19H20N2O4. The Bertz CT molecular complexity index is 787. The number of carbonyl (C=O) groups excluding carboxylic acids is 3. The average molecular weight is 340 g/mol.